The first-order valence-electron chi connectivity index (χ1n) is 10.3. The Morgan fingerprint density at radius 2 is 1.94 bits per heavy atom. The van der Waals surface area contributed by atoms with Gasteiger partial charge in [0.1, 0.15) is 11.6 Å². The molecule has 2 amide bonds. The van der Waals surface area contributed by atoms with Gasteiger partial charge in [-0.2, -0.15) is 0 Å². The number of rotatable bonds is 3. The molecule has 3 aromatic carbocycles. The third kappa shape index (κ3) is 3.56. The molecule has 0 radical (unpaired) electrons. The van der Waals surface area contributed by atoms with Crippen LogP contribution in [-0.2, 0) is 6.42 Å². The molecule has 32 heavy (non-hydrogen) atoms. The third-order valence-electron chi connectivity index (χ3n) is 5.90. The molecule has 162 valence electrons. The van der Waals surface area contributed by atoms with Crippen molar-refractivity contribution in [1.29, 1.82) is 0 Å². The van der Waals surface area contributed by atoms with Gasteiger partial charge in [-0.15, -0.1) is 0 Å². The zero-order valence-electron chi connectivity index (χ0n) is 17.4. The lowest BCUT2D eigenvalue weighted by Crippen LogP contribution is -2.43. The van der Waals surface area contributed by atoms with E-state index in [2.05, 4.69) is 10.3 Å². The first-order chi connectivity index (χ1) is 15.5. The zero-order chi connectivity index (χ0) is 22.2. The van der Waals surface area contributed by atoms with Crippen molar-refractivity contribution in [2.45, 2.75) is 12.5 Å². The Bertz CT molecular complexity index is 1300. The highest BCUT2D eigenvalue weighted by molar-refractivity contribution is 6.33. The fourth-order valence-corrected chi connectivity index (χ4v) is 4.54. The number of fused-ring (bicyclic) bond motifs is 3. The molecule has 0 unspecified atom stereocenters. The van der Waals surface area contributed by atoms with Gasteiger partial charge < -0.3 is 19.9 Å². The molecular formula is C25H21ClFN3O2. The van der Waals surface area contributed by atoms with Gasteiger partial charge in [-0.3, -0.25) is 0 Å². The molecule has 1 aliphatic rings. The largest absolute Gasteiger partial charge is 0.497 e. The number of methoxy groups -OCH3 is 1. The summed E-state index contributed by atoms with van der Waals surface area (Å²) in [4.78, 5) is 18.6. The van der Waals surface area contributed by atoms with Crippen LogP contribution in [0.1, 0.15) is 22.9 Å². The van der Waals surface area contributed by atoms with Gasteiger partial charge in [-0.05, 0) is 60.0 Å². The summed E-state index contributed by atoms with van der Waals surface area (Å²) >= 11 is 6.25. The third-order valence-corrected chi connectivity index (χ3v) is 6.23. The minimum atomic E-state index is -0.403. The fraction of sp³-hybridized carbons (Fsp3) is 0.160. The lowest BCUT2D eigenvalue weighted by atomic mass is 9.92. The van der Waals surface area contributed by atoms with Crippen LogP contribution in [0.15, 0.2) is 66.7 Å². The van der Waals surface area contributed by atoms with Gasteiger partial charge in [0.05, 0.1) is 23.9 Å². The zero-order valence-corrected chi connectivity index (χ0v) is 18.1. The molecule has 7 heteroatoms. The van der Waals surface area contributed by atoms with Crippen LogP contribution in [0.25, 0.3) is 10.9 Å². The lowest BCUT2D eigenvalue weighted by molar-refractivity contribution is 0.193. The Hall–Kier alpha value is -3.51. The maximum absolute atomic E-state index is 13.7. The minimum absolute atomic E-state index is 0.269. The van der Waals surface area contributed by atoms with E-state index in [9.17, 15) is 9.18 Å². The maximum Gasteiger partial charge on any atom is 0.322 e. The number of aromatic amines is 1. The van der Waals surface area contributed by atoms with Crippen molar-refractivity contribution in [2.24, 2.45) is 0 Å². The molecule has 1 atom stereocenters. The Balaban J connectivity index is 1.59. The highest BCUT2D eigenvalue weighted by Crippen LogP contribution is 2.39. The number of carbonyl (C=O) groups is 1. The normalized spacial score (nSPS) is 15.5. The van der Waals surface area contributed by atoms with E-state index in [-0.39, 0.29) is 11.8 Å². The van der Waals surface area contributed by atoms with E-state index in [0.29, 0.717) is 23.7 Å². The molecule has 2 N–H and O–H groups in total. The number of nitrogens with zero attached hydrogens (tertiary/aromatic N) is 1. The highest BCUT2D eigenvalue weighted by Gasteiger charge is 2.35. The van der Waals surface area contributed by atoms with Gasteiger partial charge in [0.25, 0.3) is 0 Å². The Labute approximate surface area is 189 Å². The van der Waals surface area contributed by atoms with Gasteiger partial charge in [0, 0.05) is 23.1 Å². The van der Waals surface area contributed by atoms with Crippen LogP contribution < -0.4 is 10.1 Å². The smallest absolute Gasteiger partial charge is 0.322 e. The standard InChI is InChI=1S/C25H21ClFN3O2/c1-32-17-10-11-21-19(14-17)18-12-13-30(25(31)29-22-5-3-2-4-20(22)26)24(23(18)28-21)15-6-8-16(27)9-7-15/h2-11,14,24,28H,12-13H2,1H3,(H,29,31)/t24-/m0/s1. The number of aromatic nitrogens is 1. The number of halogens is 2. The summed E-state index contributed by atoms with van der Waals surface area (Å²) in [6.07, 6.45) is 0.677. The number of amides is 2. The van der Waals surface area contributed by atoms with Crippen molar-refractivity contribution in [3.8, 4) is 5.75 Å². The summed E-state index contributed by atoms with van der Waals surface area (Å²) in [6.45, 7) is 0.496. The molecule has 4 aromatic rings. The van der Waals surface area contributed by atoms with Crippen molar-refractivity contribution in [3.05, 3.63) is 94.4 Å². The van der Waals surface area contributed by atoms with Crippen LogP contribution in [0.3, 0.4) is 0 Å². The van der Waals surface area contributed by atoms with E-state index in [1.165, 1.54) is 12.1 Å². The summed E-state index contributed by atoms with van der Waals surface area (Å²) in [5.74, 6) is 0.453. The molecule has 5 rings (SSSR count). The number of ether oxygens (including phenoxy) is 1. The maximum atomic E-state index is 13.7. The summed E-state index contributed by atoms with van der Waals surface area (Å²) in [5, 5.41) is 4.46. The Morgan fingerprint density at radius 3 is 2.69 bits per heavy atom. The van der Waals surface area contributed by atoms with E-state index >= 15 is 0 Å². The molecule has 2 heterocycles. The van der Waals surface area contributed by atoms with E-state index in [4.69, 9.17) is 16.3 Å². The van der Waals surface area contributed by atoms with Crippen LogP contribution in [0.5, 0.6) is 5.75 Å². The minimum Gasteiger partial charge on any atom is -0.497 e. The summed E-state index contributed by atoms with van der Waals surface area (Å²) < 4.78 is 19.1. The molecule has 0 bridgehead atoms. The van der Waals surface area contributed by atoms with Gasteiger partial charge in [0.15, 0.2) is 0 Å². The Kier molecular flexibility index (Phi) is 5.23. The number of carbonyl (C=O) groups excluding carboxylic acids is 1. The van der Waals surface area contributed by atoms with Crippen molar-refractivity contribution in [2.75, 3.05) is 19.0 Å². The number of anilines is 1. The SMILES string of the molecule is COc1ccc2[nH]c3c(c2c1)CCN(C(=O)Nc1ccccc1Cl)[C@H]3c1ccc(F)cc1. The van der Waals surface area contributed by atoms with Crippen LogP contribution in [0.2, 0.25) is 5.02 Å². The number of hydrogen-bond donors (Lipinski definition) is 2. The van der Waals surface area contributed by atoms with E-state index < -0.39 is 6.04 Å². The monoisotopic (exact) mass is 449 g/mol. The van der Waals surface area contributed by atoms with Crippen molar-refractivity contribution >= 4 is 34.2 Å². The average Bonchev–Trinajstić information content (AvgIpc) is 3.18. The van der Waals surface area contributed by atoms with Crippen LogP contribution in [0.4, 0.5) is 14.9 Å². The summed E-state index contributed by atoms with van der Waals surface area (Å²) in [5.41, 5.74) is 4.39. The molecule has 1 aromatic heterocycles. The van der Waals surface area contributed by atoms with Crippen molar-refractivity contribution in [3.63, 3.8) is 0 Å². The highest BCUT2D eigenvalue weighted by atomic mass is 35.5. The number of hydrogen-bond acceptors (Lipinski definition) is 2. The van der Waals surface area contributed by atoms with Gasteiger partial charge in [-0.1, -0.05) is 35.9 Å². The predicted octanol–water partition coefficient (Wildman–Crippen LogP) is 6.15. The number of nitrogens with one attached hydrogen (secondary N) is 2. The van der Waals surface area contributed by atoms with Crippen molar-refractivity contribution < 1.29 is 13.9 Å². The lowest BCUT2D eigenvalue weighted by Gasteiger charge is -2.36. The van der Waals surface area contributed by atoms with Gasteiger partial charge in [0.2, 0.25) is 0 Å². The summed E-state index contributed by atoms with van der Waals surface area (Å²) in [7, 11) is 1.64. The van der Waals surface area contributed by atoms with Crippen molar-refractivity contribution in [1.82, 2.24) is 9.88 Å². The Morgan fingerprint density at radius 1 is 1.16 bits per heavy atom. The number of para-hydroxylation sites is 1. The molecule has 0 spiro atoms. The number of benzene rings is 3. The second kappa shape index (κ2) is 8.20. The van der Waals surface area contributed by atoms with E-state index in [0.717, 1.165) is 33.5 Å². The molecule has 5 nitrogen and oxygen atoms in total. The second-order valence-corrected chi connectivity index (χ2v) is 8.14. The molecule has 0 saturated heterocycles. The molecule has 0 aliphatic carbocycles. The molecule has 0 saturated carbocycles. The predicted molar refractivity (Wildman–Crippen MR) is 124 cm³/mol. The summed E-state index contributed by atoms with van der Waals surface area (Å²) in [6, 6.07) is 18.6. The molecule has 0 fully saturated rings. The first-order valence-corrected chi connectivity index (χ1v) is 10.7. The second-order valence-electron chi connectivity index (χ2n) is 7.74. The van der Waals surface area contributed by atoms with Crippen LogP contribution in [0, 0.1) is 5.82 Å². The number of H-pyrrole nitrogens is 1. The van der Waals surface area contributed by atoms with Gasteiger partial charge >= 0.3 is 6.03 Å². The van der Waals surface area contributed by atoms with E-state index in [1.807, 2.05) is 30.3 Å². The van der Waals surface area contributed by atoms with Gasteiger partial charge in [-0.25, -0.2) is 9.18 Å². The average molecular weight is 450 g/mol. The molecule has 1 aliphatic heterocycles. The van der Waals surface area contributed by atoms with Crippen LogP contribution in [-0.4, -0.2) is 29.6 Å². The molecular weight excluding hydrogens is 429 g/mol. The first kappa shape index (κ1) is 20.4. The number of urea groups is 1. The topological polar surface area (TPSA) is 57.4 Å². The van der Waals surface area contributed by atoms with Crippen LogP contribution >= 0.6 is 11.6 Å². The van der Waals surface area contributed by atoms with E-state index in [1.54, 1.807) is 36.3 Å². The quantitative estimate of drug-likeness (QED) is 0.394. The fourth-order valence-electron chi connectivity index (χ4n) is 4.35.